The van der Waals surface area contributed by atoms with Crippen LogP contribution in [-0.4, -0.2) is 37.4 Å². The number of hydrogen-bond acceptors (Lipinski definition) is 5. The molecule has 0 aromatic carbocycles. The molecule has 25 heavy (non-hydrogen) atoms. The number of anilines is 1. The van der Waals surface area contributed by atoms with Crippen LogP contribution in [0.3, 0.4) is 0 Å². The summed E-state index contributed by atoms with van der Waals surface area (Å²) in [6, 6.07) is 0.320. The van der Waals surface area contributed by atoms with Gasteiger partial charge in [0.15, 0.2) is 11.6 Å². The summed E-state index contributed by atoms with van der Waals surface area (Å²) in [5.74, 6) is 1.22. The average Bonchev–Trinajstić information content (AvgIpc) is 3.42. The SMILES string of the molecule is CCc1ncnc(N2CCC(c3nn(C)c(=O)n3C3CC3)CC2)c1F. The van der Waals surface area contributed by atoms with E-state index < -0.39 is 0 Å². The second kappa shape index (κ2) is 6.24. The van der Waals surface area contributed by atoms with E-state index in [0.29, 0.717) is 37.1 Å². The van der Waals surface area contributed by atoms with Gasteiger partial charge in [0.2, 0.25) is 0 Å². The molecule has 4 rings (SSSR count). The van der Waals surface area contributed by atoms with Gasteiger partial charge in [0.1, 0.15) is 12.2 Å². The number of aryl methyl sites for hydroxylation is 2. The Morgan fingerprint density at radius 3 is 2.56 bits per heavy atom. The average molecular weight is 346 g/mol. The molecule has 1 saturated carbocycles. The van der Waals surface area contributed by atoms with Crippen molar-refractivity contribution in [2.45, 2.75) is 51.0 Å². The van der Waals surface area contributed by atoms with Gasteiger partial charge in [-0.3, -0.25) is 4.57 Å². The van der Waals surface area contributed by atoms with Crippen molar-refractivity contribution in [2.75, 3.05) is 18.0 Å². The molecule has 1 aliphatic carbocycles. The molecular weight excluding hydrogens is 323 g/mol. The fourth-order valence-electron chi connectivity index (χ4n) is 3.66. The van der Waals surface area contributed by atoms with Gasteiger partial charge in [-0.15, -0.1) is 0 Å². The van der Waals surface area contributed by atoms with Crippen molar-refractivity contribution in [3.63, 3.8) is 0 Å². The Balaban J connectivity index is 1.53. The molecule has 0 amide bonds. The van der Waals surface area contributed by atoms with Crippen LogP contribution in [0.1, 0.15) is 56.1 Å². The summed E-state index contributed by atoms with van der Waals surface area (Å²) < 4.78 is 17.8. The smallest absolute Gasteiger partial charge is 0.345 e. The summed E-state index contributed by atoms with van der Waals surface area (Å²) in [7, 11) is 1.71. The number of hydrogen-bond donors (Lipinski definition) is 0. The van der Waals surface area contributed by atoms with E-state index in [-0.39, 0.29) is 17.4 Å². The first kappa shape index (κ1) is 16.2. The van der Waals surface area contributed by atoms with E-state index in [9.17, 15) is 9.18 Å². The molecule has 8 heteroatoms. The molecular formula is C17H23FN6O. The molecule has 2 aromatic rings. The topological polar surface area (TPSA) is 68.8 Å². The molecule has 0 radical (unpaired) electrons. The normalized spacial score (nSPS) is 18.8. The quantitative estimate of drug-likeness (QED) is 0.844. The largest absolute Gasteiger partial charge is 0.354 e. The highest BCUT2D eigenvalue weighted by Gasteiger charge is 2.34. The second-order valence-electron chi connectivity index (χ2n) is 6.94. The van der Waals surface area contributed by atoms with Gasteiger partial charge < -0.3 is 4.90 Å². The zero-order chi connectivity index (χ0) is 17.6. The third kappa shape index (κ3) is 2.83. The van der Waals surface area contributed by atoms with E-state index in [4.69, 9.17) is 0 Å². The molecule has 134 valence electrons. The molecule has 0 N–H and O–H groups in total. The standard InChI is InChI=1S/C17H23FN6O/c1-3-13-14(18)16(20-10-19-13)23-8-6-11(7-9-23)15-21-22(2)17(25)24(15)12-4-5-12/h10-12H,3-9H2,1-2H3. The summed E-state index contributed by atoms with van der Waals surface area (Å²) in [4.78, 5) is 22.4. The molecule has 1 aliphatic heterocycles. The lowest BCUT2D eigenvalue weighted by atomic mass is 9.95. The molecule has 0 atom stereocenters. The van der Waals surface area contributed by atoms with Gasteiger partial charge in [-0.05, 0) is 32.1 Å². The van der Waals surface area contributed by atoms with Gasteiger partial charge in [0.25, 0.3) is 0 Å². The van der Waals surface area contributed by atoms with E-state index in [0.717, 1.165) is 31.5 Å². The van der Waals surface area contributed by atoms with Crippen molar-refractivity contribution in [3.8, 4) is 0 Å². The number of aromatic nitrogens is 5. The minimum Gasteiger partial charge on any atom is -0.354 e. The lowest BCUT2D eigenvalue weighted by Gasteiger charge is -2.32. The van der Waals surface area contributed by atoms with Crippen LogP contribution < -0.4 is 10.6 Å². The summed E-state index contributed by atoms with van der Waals surface area (Å²) in [5, 5.41) is 4.49. The Hall–Kier alpha value is -2.25. The first-order chi connectivity index (χ1) is 12.1. The van der Waals surface area contributed by atoms with Crippen LogP contribution in [0.15, 0.2) is 11.1 Å². The van der Waals surface area contributed by atoms with Crippen molar-refractivity contribution < 1.29 is 4.39 Å². The Bertz CT molecular complexity index is 832. The summed E-state index contributed by atoms with van der Waals surface area (Å²) >= 11 is 0. The first-order valence-corrected chi connectivity index (χ1v) is 8.99. The van der Waals surface area contributed by atoms with E-state index >= 15 is 0 Å². The van der Waals surface area contributed by atoms with E-state index in [1.165, 1.54) is 11.0 Å². The van der Waals surface area contributed by atoms with Gasteiger partial charge in [-0.2, -0.15) is 5.10 Å². The molecule has 3 heterocycles. The molecule has 0 bridgehead atoms. The fourth-order valence-corrected chi connectivity index (χ4v) is 3.66. The summed E-state index contributed by atoms with van der Waals surface area (Å²) in [5.41, 5.74) is 0.439. The highest BCUT2D eigenvalue weighted by Crippen LogP contribution is 2.38. The van der Waals surface area contributed by atoms with Crippen molar-refractivity contribution in [2.24, 2.45) is 7.05 Å². The van der Waals surface area contributed by atoms with Crippen LogP contribution in [0.4, 0.5) is 10.2 Å². The third-order valence-electron chi connectivity index (χ3n) is 5.23. The minimum absolute atomic E-state index is 0.0191. The van der Waals surface area contributed by atoms with Gasteiger partial charge in [0, 0.05) is 32.1 Å². The fraction of sp³-hybridized carbons (Fsp3) is 0.647. The number of halogens is 1. The third-order valence-corrected chi connectivity index (χ3v) is 5.23. The van der Waals surface area contributed by atoms with Crippen LogP contribution in [0.5, 0.6) is 0 Å². The van der Waals surface area contributed by atoms with Gasteiger partial charge in [-0.1, -0.05) is 6.92 Å². The Morgan fingerprint density at radius 1 is 1.20 bits per heavy atom. The Morgan fingerprint density at radius 2 is 1.92 bits per heavy atom. The van der Waals surface area contributed by atoms with Crippen molar-refractivity contribution in [3.05, 3.63) is 34.1 Å². The molecule has 7 nitrogen and oxygen atoms in total. The Labute approximate surface area is 145 Å². The van der Waals surface area contributed by atoms with Crippen LogP contribution in [0.2, 0.25) is 0 Å². The predicted octanol–water partition coefficient (Wildman–Crippen LogP) is 1.79. The number of nitrogens with zero attached hydrogens (tertiary/aromatic N) is 6. The van der Waals surface area contributed by atoms with Gasteiger partial charge in [-0.25, -0.2) is 23.8 Å². The summed E-state index contributed by atoms with van der Waals surface area (Å²) in [6.07, 6.45) is 5.79. The highest BCUT2D eigenvalue weighted by molar-refractivity contribution is 5.41. The second-order valence-corrected chi connectivity index (χ2v) is 6.94. The molecule has 0 unspecified atom stereocenters. The minimum atomic E-state index is -0.309. The lowest BCUT2D eigenvalue weighted by Crippen LogP contribution is -2.35. The highest BCUT2D eigenvalue weighted by atomic mass is 19.1. The van der Waals surface area contributed by atoms with Crippen LogP contribution in [-0.2, 0) is 13.5 Å². The van der Waals surface area contributed by atoms with Gasteiger partial charge in [0.05, 0.1) is 5.69 Å². The number of rotatable bonds is 4. The van der Waals surface area contributed by atoms with Gasteiger partial charge >= 0.3 is 5.69 Å². The maximum absolute atomic E-state index is 14.5. The van der Waals surface area contributed by atoms with E-state index in [2.05, 4.69) is 15.1 Å². The molecule has 2 fully saturated rings. The zero-order valence-corrected chi connectivity index (χ0v) is 14.7. The van der Waals surface area contributed by atoms with Crippen molar-refractivity contribution in [1.82, 2.24) is 24.3 Å². The predicted molar refractivity (Wildman–Crippen MR) is 91.3 cm³/mol. The Kier molecular flexibility index (Phi) is 4.05. The lowest BCUT2D eigenvalue weighted by molar-refractivity contribution is 0.454. The first-order valence-electron chi connectivity index (χ1n) is 8.99. The zero-order valence-electron chi connectivity index (χ0n) is 14.7. The van der Waals surface area contributed by atoms with E-state index in [1.54, 1.807) is 7.05 Å². The maximum atomic E-state index is 14.5. The van der Waals surface area contributed by atoms with Crippen molar-refractivity contribution in [1.29, 1.82) is 0 Å². The molecule has 1 saturated heterocycles. The van der Waals surface area contributed by atoms with E-state index in [1.807, 2.05) is 16.4 Å². The monoisotopic (exact) mass is 346 g/mol. The molecule has 0 spiro atoms. The maximum Gasteiger partial charge on any atom is 0.345 e. The summed E-state index contributed by atoms with van der Waals surface area (Å²) in [6.45, 7) is 3.30. The molecule has 2 aromatic heterocycles. The van der Waals surface area contributed by atoms with Crippen LogP contribution >= 0.6 is 0 Å². The molecule has 2 aliphatic rings. The number of piperidine rings is 1. The van der Waals surface area contributed by atoms with Crippen LogP contribution in [0.25, 0.3) is 0 Å². The van der Waals surface area contributed by atoms with Crippen molar-refractivity contribution >= 4 is 5.82 Å². The van der Waals surface area contributed by atoms with Crippen LogP contribution in [0, 0.1) is 5.82 Å².